The third-order valence-corrected chi connectivity index (χ3v) is 5.38. The van der Waals surface area contributed by atoms with Crippen molar-refractivity contribution < 1.29 is 9.47 Å². The van der Waals surface area contributed by atoms with Gasteiger partial charge in [-0.25, -0.2) is 4.98 Å². The van der Waals surface area contributed by atoms with Crippen LogP contribution in [0.4, 0.5) is 0 Å². The van der Waals surface area contributed by atoms with Crippen LogP contribution in [0.25, 0.3) is 0 Å². The van der Waals surface area contributed by atoms with E-state index in [2.05, 4.69) is 16.9 Å². The van der Waals surface area contributed by atoms with Crippen molar-refractivity contribution in [3.63, 3.8) is 0 Å². The van der Waals surface area contributed by atoms with Gasteiger partial charge in [0.1, 0.15) is 11.5 Å². The molecule has 0 atom stereocenters. The molecule has 0 aliphatic heterocycles. The van der Waals surface area contributed by atoms with E-state index in [1.165, 1.54) is 0 Å². The Morgan fingerprint density at radius 3 is 2.64 bits per heavy atom. The van der Waals surface area contributed by atoms with Gasteiger partial charge in [-0.15, -0.1) is 0 Å². The van der Waals surface area contributed by atoms with Gasteiger partial charge in [-0.1, -0.05) is 18.7 Å². The van der Waals surface area contributed by atoms with E-state index >= 15 is 0 Å². The molecule has 0 fully saturated rings. The number of H-pyrrole nitrogens is 1. The second-order valence-electron chi connectivity index (χ2n) is 5.32. The summed E-state index contributed by atoms with van der Waals surface area (Å²) in [4.78, 5) is 19.0. The Morgan fingerprint density at radius 1 is 1.16 bits per heavy atom. The lowest BCUT2D eigenvalue weighted by molar-refractivity contribution is 0.318. The Hall–Kier alpha value is -1.60. The number of nitrogens with zero attached hydrogens (tertiary/aromatic N) is 1. The molecule has 1 N–H and O–H groups in total. The number of methoxy groups -OCH3 is 1. The quantitative estimate of drug-likeness (QED) is 0.361. The molecular weight excluding hydrogens is 356 g/mol. The Morgan fingerprint density at radius 2 is 1.92 bits per heavy atom. The minimum Gasteiger partial charge on any atom is -0.497 e. The number of aromatic amines is 1. The fraction of sp³-hybridized carbons (Fsp3) is 0.444. The summed E-state index contributed by atoms with van der Waals surface area (Å²) in [7, 11) is 1.64. The van der Waals surface area contributed by atoms with Crippen LogP contribution in [0.3, 0.4) is 0 Å². The van der Waals surface area contributed by atoms with Gasteiger partial charge in [-0.3, -0.25) is 4.79 Å². The van der Waals surface area contributed by atoms with Gasteiger partial charge >= 0.3 is 0 Å². The van der Waals surface area contributed by atoms with Gasteiger partial charge in [-0.05, 0) is 42.9 Å². The van der Waals surface area contributed by atoms with E-state index in [-0.39, 0.29) is 5.56 Å². The highest BCUT2D eigenvalue weighted by Crippen LogP contribution is 2.18. The zero-order valence-corrected chi connectivity index (χ0v) is 16.3. The lowest BCUT2D eigenvalue weighted by atomic mass is 10.3. The van der Waals surface area contributed by atoms with Crippen molar-refractivity contribution in [2.24, 2.45) is 0 Å². The number of hydrogen-bond acceptors (Lipinski definition) is 6. The summed E-state index contributed by atoms with van der Waals surface area (Å²) < 4.78 is 10.8. The first-order chi connectivity index (χ1) is 12.2. The normalized spacial score (nSPS) is 10.6. The number of thioether (sulfide) groups is 2. The van der Waals surface area contributed by atoms with Gasteiger partial charge in [0.05, 0.1) is 19.4 Å². The number of ether oxygens (including phenoxy) is 2. The smallest absolute Gasteiger partial charge is 0.251 e. The fourth-order valence-corrected chi connectivity index (χ4v) is 3.64. The van der Waals surface area contributed by atoms with Crippen molar-refractivity contribution in [1.29, 1.82) is 0 Å². The largest absolute Gasteiger partial charge is 0.497 e. The summed E-state index contributed by atoms with van der Waals surface area (Å²) in [6, 6.07) is 9.12. The molecule has 7 heteroatoms. The zero-order chi connectivity index (χ0) is 17.9. The van der Waals surface area contributed by atoms with Crippen LogP contribution in [0.2, 0.25) is 0 Å². The van der Waals surface area contributed by atoms with E-state index in [9.17, 15) is 4.79 Å². The molecule has 25 heavy (non-hydrogen) atoms. The Labute approximate surface area is 156 Å². The topological polar surface area (TPSA) is 64.2 Å². The van der Waals surface area contributed by atoms with Crippen molar-refractivity contribution >= 4 is 23.5 Å². The Balaban J connectivity index is 1.72. The average Bonchev–Trinajstić information content (AvgIpc) is 2.62. The second-order valence-corrected chi connectivity index (χ2v) is 7.51. The monoisotopic (exact) mass is 380 g/mol. The van der Waals surface area contributed by atoms with E-state index in [0.717, 1.165) is 47.3 Å². The SMILES string of the molecule is CCCSCc1cc(=O)[nH]c(SCCCOc2ccc(OC)cc2)n1. The lowest BCUT2D eigenvalue weighted by Crippen LogP contribution is -2.10. The molecule has 0 bridgehead atoms. The molecule has 2 rings (SSSR count). The van der Waals surface area contributed by atoms with Crippen molar-refractivity contribution in [1.82, 2.24) is 9.97 Å². The highest BCUT2D eigenvalue weighted by Gasteiger charge is 2.03. The van der Waals surface area contributed by atoms with Gasteiger partial charge in [0.15, 0.2) is 5.16 Å². The van der Waals surface area contributed by atoms with Crippen LogP contribution >= 0.6 is 23.5 Å². The van der Waals surface area contributed by atoms with Crippen LogP contribution in [0.5, 0.6) is 11.5 Å². The van der Waals surface area contributed by atoms with Crippen molar-refractivity contribution in [3.8, 4) is 11.5 Å². The van der Waals surface area contributed by atoms with Gasteiger partial charge in [0, 0.05) is 17.6 Å². The Bertz CT molecular complexity index is 689. The fourth-order valence-electron chi connectivity index (χ4n) is 2.04. The summed E-state index contributed by atoms with van der Waals surface area (Å²) >= 11 is 3.36. The molecule has 1 heterocycles. The van der Waals surface area contributed by atoms with E-state index in [1.807, 2.05) is 24.3 Å². The maximum absolute atomic E-state index is 11.7. The Kier molecular flexibility index (Phi) is 8.76. The minimum absolute atomic E-state index is 0.0842. The molecule has 0 saturated carbocycles. The standard InChI is InChI=1S/C18H24N2O3S2/c1-3-10-24-13-14-12-17(21)20-18(19-14)25-11-4-9-23-16-7-5-15(22-2)6-8-16/h5-8,12H,3-4,9-11,13H2,1-2H3,(H,19,20,21). The van der Waals surface area contributed by atoms with Crippen LogP contribution in [0, 0.1) is 0 Å². The summed E-state index contributed by atoms with van der Waals surface area (Å²) in [5, 5.41) is 0.684. The maximum Gasteiger partial charge on any atom is 0.251 e. The van der Waals surface area contributed by atoms with Crippen LogP contribution in [0.1, 0.15) is 25.5 Å². The van der Waals surface area contributed by atoms with Crippen molar-refractivity contribution in [3.05, 3.63) is 46.4 Å². The van der Waals surface area contributed by atoms with E-state index in [0.29, 0.717) is 11.8 Å². The number of hydrogen-bond donors (Lipinski definition) is 1. The van der Waals surface area contributed by atoms with Crippen LogP contribution < -0.4 is 15.0 Å². The molecule has 0 amide bonds. The van der Waals surface area contributed by atoms with E-state index < -0.39 is 0 Å². The van der Waals surface area contributed by atoms with Crippen molar-refractivity contribution in [2.75, 3.05) is 25.2 Å². The van der Waals surface area contributed by atoms with Gasteiger partial charge in [0.2, 0.25) is 0 Å². The first kappa shape index (κ1) is 19.7. The van der Waals surface area contributed by atoms with Crippen molar-refractivity contribution in [2.45, 2.75) is 30.7 Å². The molecule has 1 aromatic carbocycles. The molecular formula is C18H24N2O3S2. The average molecular weight is 381 g/mol. The second kappa shape index (κ2) is 11.1. The first-order valence-electron chi connectivity index (χ1n) is 8.29. The lowest BCUT2D eigenvalue weighted by Gasteiger charge is -2.07. The molecule has 5 nitrogen and oxygen atoms in total. The number of benzene rings is 1. The zero-order valence-electron chi connectivity index (χ0n) is 14.6. The van der Waals surface area contributed by atoms with E-state index in [4.69, 9.17) is 9.47 Å². The molecule has 0 radical (unpaired) electrons. The van der Waals surface area contributed by atoms with Crippen LogP contribution in [-0.2, 0) is 5.75 Å². The van der Waals surface area contributed by atoms with Gasteiger partial charge < -0.3 is 14.5 Å². The molecule has 0 aliphatic carbocycles. The molecule has 1 aromatic heterocycles. The summed E-state index contributed by atoms with van der Waals surface area (Å²) in [6.07, 6.45) is 2.00. The number of aromatic nitrogens is 2. The molecule has 0 saturated heterocycles. The summed E-state index contributed by atoms with van der Waals surface area (Å²) in [5.74, 6) is 4.35. The molecule has 2 aromatic rings. The minimum atomic E-state index is -0.0842. The number of nitrogens with one attached hydrogen (secondary N) is 1. The molecule has 0 spiro atoms. The summed E-state index contributed by atoms with van der Waals surface area (Å²) in [5.41, 5.74) is 0.762. The first-order valence-corrected chi connectivity index (χ1v) is 10.4. The highest BCUT2D eigenvalue weighted by atomic mass is 32.2. The third-order valence-electron chi connectivity index (χ3n) is 3.23. The van der Waals surface area contributed by atoms with Crippen LogP contribution in [-0.4, -0.2) is 35.2 Å². The molecule has 0 unspecified atom stereocenters. The summed E-state index contributed by atoms with van der Waals surface area (Å²) in [6.45, 7) is 2.77. The molecule has 136 valence electrons. The maximum atomic E-state index is 11.7. The van der Waals surface area contributed by atoms with Gasteiger partial charge in [0.25, 0.3) is 5.56 Å². The predicted octanol–water partition coefficient (Wildman–Crippen LogP) is 3.98. The van der Waals surface area contributed by atoms with Gasteiger partial charge in [-0.2, -0.15) is 11.8 Å². The van der Waals surface area contributed by atoms with E-state index in [1.54, 1.807) is 36.7 Å². The number of rotatable bonds is 11. The third kappa shape index (κ3) is 7.44. The predicted molar refractivity (Wildman–Crippen MR) is 105 cm³/mol. The molecule has 0 aliphatic rings. The van der Waals surface area contributed by atoms with Crippen LogP contribution in [0.15, 0.2) is 40.3 Å². The highest BCUT2D eigenvalue weighted by molar-refractivity contribution is 7.99.